The first-order valence-electron chi connectivity index (χ1n) is 8.55. The molecule has 1 N–H and O–H groups in total. The van der Waals surface area contributed by atoms with E-state index in [0.29, 0.717) is 21.3 Å². The summed E-state index contributed by atoms with van der Waals surface area (Å²) in [5.41, 5.74) is 0.920. The van der Waals surface area contributed by atoms with Crippen molar-refractivity contribution >= 4 is 50.5 Å². The third-order valence-corrected chi connectivity index (χ3v) is 5.22. The number of carbonyl (C=O) groups excluding carboxylic acids is 3. The normalized spacial score (nSPS) is 11.7. The number of esters is 1. The molecule has 3 rings (SSSR count). The molecule has 1 aromatic heterocycles. The molecule has 0 fully saturated rings. The van der Waals surface area contributed by atoms with E-state index < -0.39 is 22.9 Å². The van der Waals surface area contributed by atoms with Crippen molar-refractivity contribution in [1.29, 1.82) is 0 Å². The highest BCUT2D eigenvalue weighted by atomic mass is 32.1. The van der Waals surface area contributed by atoms with Crippen LogP contribution < -0.4 is 5.32 Å². The number of benzene rings is 2. The maximum Gasteiger partial charge on any atom is 0.349 e. The summed E-state index contributed by atoms with van der Waals surface area (Å²) in [5, 5.41) is 14.0. The highest BCUT2D eigenvalue weighted by Gasteiger charge is 2.21. The predicted molar refractivity (Wildman–Crippen MR) is 108 cm³/mol. The molecule has 0 radical (unpaired) electrons. The largest absolute Gasteiger partial charge is 0.448 e. The number of carbonyl (C=O) groups is 3. The van der Waals surface area contributed by atoms with Crippen LogP contribution in [0.3, 0.4) is 0 Å². The maximum absolute atomic E-state index is 12.4. The van der Waals surface area contributed by atoms with Crippen molar-refractivity contribution in [3.63, 3.8) is 0 Å². The third kappa shape index (κ3) is 4.64. The summed E-state index contributed by atoms with van der Waals surface area (Å²) in [6.45, 7) is 2.89. The van der Waals surface area contributed by atoms with E-state index in [1.807, 2.05) is 0 Å². The molecule has 1 atom stereocenters. The van der Waals surface area contributed by atoms with Gasteiger partial charge in [-0.15, -0.1) is 11.3 Å². The van der Waals surface area contributed by atoms with Crippen LogP contribution in [0.25, 0.3) is 10.1 Å². The molecule has 0 saturated heterocycles. The average Bonchev–Trinajstić information content (AvgIpc) is 3.11. The summed E-state index contributed by atoms with van der Waals surface area (Å²) in [6.07, 6.45) is -1.06. The van der Waals surface area contributed by atoms with Crippen LogP contribution in [0, 0.1) is 10.1 Å². The number of nitro benzene ring substituents is 1. The van der Waals surface area contributed by atoms with Crippen molar-refractivity contribution in [1.82, 2.24) is 0 Å². The highest BCUT2D eigenvalue weighted by Crippen LogP contribution is 2.29. The zero-order valence-corrected chi connectivity index (χ0v) is 16.3. The van der Waals surface area contributed by atoms with Gasteiger partial charge < -0.3 is 10.1 Å². The monoisotopic (exact) mass is 412 g/mol. The van der Waals surface area contributed by atoms with Crippen molar-refractivity contribution in [2.75, 3.05) is 5.32 Å². The number of nitro groups is 1. The fourth-order valence-electron chi connectivity index (χ4n) is 2.55. The number of anilines is 1. The molecule has 1 heterocycles. The summed E-state index contributed by atoms with van der Waals surface area (Å²) in [6, 6.07) is 12.2. The van der Waals surface area contributed by atoms with Gasteiger partial charge in [-0.25, -0.2) is 4.79 Å². The molecule has 148 valence electrons. The van der Waals surface area contributed by atoms with Gasteiger partial charge in [0.2, 0.25) is 0 Å². The van der Waals surface area contributed by atoms with Gasteiger partial charge in [0.05, 0.1) is 4.92 Å². The lowest BCUT2D eigenvalue weighted by Crippen LogP contribution is -2.29. The first-order valence-corrected chi connectivity index (χ1v) is 9.37. The Morgan fingerprint density at radius 2 is 1.79 bits per heavy atom. The number of nitrogens with zero attached hydrogens (tertiary/aromatic N) is 1. The zero-order valence-electron chi connectivity index (χ0n) is 15.5. The Morgan fingerprint density at radius 3 is 2.41 bits per heavy atom. The summed E-state index contributed by atoms with van der Waals surface area (Å²) in [5.74, 6) is -1.30. The van der Waals surface area contributed by atoms with E-state index in [1.54, 1.807) is 30.3 Å². The van der Waals surface area contributed by atoms with E-state index >= 15 is 0 Å². The van der Waals surface area contributed by atoms with Crippen molar-refractivity contribution in [3.05, 3.63) is 69.1 Å². The number of non-ortho nitro benzene ring substituents is 1. The van der Waals surface area contributed by atoms with Crippen LogP contribution in [0.1, 0.15) is 33.9 Å². The lowest BCUT2D eigenvalue weighted by Gasteiger charge is -2.13. The minimum Gasteiger partial charge on any atom is -0.448 e. The Kier molecular flexibility index (Phi) is 5.69. The fraction of sp³-hybridized carbons (Fsp3) is 0.150. The van der Waals surface area contributed by atoms with Gasteiger partial charge in [0.25, 0.3) is 11.6 Å². The Labute approximate surface area is 169 Å². The highest BCUT2D eigenvalue weighted by molar-refractivity contribution is 7.20. The molecule has 1 unspecified atom stereocenters. The van der Waals surface area contributed by atoms with Gasteiger partial charge in [-0.3, -0.25) is 19.7 Å². The summed E-state index contributed by atoms with van der Waals surface area (Å²) >= 11 is 1.13. The van der Waals surface area contributed by atoms with E-state index in [2.05, 4.69) is 5.32 Å². The van der Waals surface area contributed by atoms with Crippen LogP contribution in [-0.2, 0) is 9.53 Å². The quantitative estimate of drug-likeness (QED) is 0.281. The molecule has 0 saturated carbocycles. The second kappa shape index (κ2) is 8.19. The van der Waals surface area contributed by atoms with Crippen molar-refractivity contribution in [2.24, 2.45) is 0 Å². The predicted octanol–water partition coefficient (Wildman–Crippen LogP) is 4.20. The van der Waals surface area contributed by atoms with Crippen LogP contribution in [0.4, 0.5) is 11.4 Å². The van der Waals surface area contributed by atoms with E-state index in [1.165, 1.54) is 32.0 Å². The molecule has 8 nitrogen and oxygen atoms in total. The first kappa shape index (κ1) is 20.2. The van der Waals surface area contributed by atoms with E-state index in [-0.39, 0.29) is 16.3 Å². The molecular formula is C20H16N2O6S. The van der Waals surface area contributed by atoms with Gasteiger partial charge in [0.15, 0.2) is 11.9 Å². The van der Waals surface area contributed by atoms with Crippen LogP contribution in [0.15, 0.2) is 48.5 Å². The van der Waals surface area contributed by atoms with Crippen LogP contribution in [-0.4, -0.2) is 28.7 Å². The minimum atomic E-state index is -1.06. The van der Waals surface area contributed by atoms with Gasteiger partial charge in [0, 0.05) is 33.5 Å². The second-order valence-electron chi connectivity index (χ2n) is 6.26. The van der Waals surface area contributed by atoms with Crippen LogP contribution in [0.2, 0.25) is 0 Å². The van der Waals surface area contributed by atoms with E-state index in [9.17, 15) is 24.5 Å². The number of rotatable bonds is 6. The molecule has 2 aromatic carbocycles. The third-order valence-electron chi connectivity index (χ3n) is 4.12. The number of nitrogens with one attached hydrogen (secondary N) is 1. The summed E-state index contributed by atoms with van der Waals surface area (Å²) in [7, 11) is 0. The number of hydrogen-bond donors (Lipinski definition) is 1. The lowest BCUT2D eigenvalue weighted by molar-refractivity contribution is -0.384. The number of amides is 1. The molecule has 3 aromatic rings. The van der Waals surface area contributed by atoms with E-state index in [0.717, 1.165) is 11.3 Å². The Balaban J connectivity index is 1.66. The Bertz CT molecular complexity index is 1120. The molecule has 0 aliphatic heterocycles. The minimum absolute atomic E-state index is 0.0706. The smallest absolute Gasteiger partial charge is 0.349 e. The average molecular weight is 412 g/mol. The Morgan fingerprint density at radius 1 is 1.10 bits per heavy atom. The molecule has 0 aliphatic carbocycles. The number of fused-ring (bicyclic) bond motifs is 1. The topological polar surface area (TPSA) is 116 Å². The fourth-order valence-corrected chi connectivity index (χ4v) is 3.48. The van der Waals surface area contributed by atoms with Crippen molar-refractivity contribution in [3.8, 4) is 0 Å². The second-order valence-corrected chi connectivity index (χ2v) is 7.34. The van der Waals surface area contributed by atoms with Gasteiger partial charge in [-0.2, -0.15) is 0 Å². The molecule has 0 aliphatic rings. The van der Waals surface area contributed by atoms with Gasteiger partial charge in [-0.1, -0.05) is 0 Å². The SMILES string of the molecule is CC(=O)c1ccc(NC(=O)C(C)OC(=O)c2cc3cc([N+](=O)[O-])ccc3s2)cc1. The van der Waals surface area contributed by atoms with E-state index in [4.69, 9.17) is 4.74 Å². The van der Waals surface area contributed by atoms with Crippen LogP contribution >= 0.6 is 11.3 Å². The molecule has 0 spiro atoms. The van der Waals surface area contributed by atoms with Crippen molar-refractivity contribution < 1.29 is 24.0 Å². The number of hydrogen-bond acceptors (Lipinski definition) is 7. The van der Waals surface area contributed by atoms with Crippen LogP contribution in [0.5, 0.6) is 0 Å². The molecule has 0 bridgehead atoms. The summed E-state index contributed by atoms with van der Waals surface area (Å²) in [4.78, 5) is 46.5. The Hall–Kier alpha value is -3.59. The lowest BCUT2D eigenvalue weighted by atomic mass is 10.1. The van der Waals surface area contributed by atoms with Gasteiger partial charge >= 0.3 is 5.97 Å². The molecule has 29 heavy (non-hydrogen) atoms. The van der Waals surface area contributed by atoms with Gasteiger partial charge in [0.1, 0.15) is 4.88 Å². The number of ketones is 1. The molecular weight excluding hydrogens is 396 g/mol. The number of thiophene rings is 1. The standard InChI is InChI=1S/C20H16N2O6S/c1-11(23)13-3-5-15(6-4-13)21-19(24)12(2)28-20(25)18-10-14-9-16(22(26)27)7-8-17(14)29-18/h3-10,12H,1-2H3,(H,21,24). The van der Waals surface area contributed by atoms with Crippen molar-refractivity contribution in [2.45, 2.75) is 20.0 Å². The number of ether oxygens (including phenoxy) is 1. The maximum atomic E-state index is 12.4. The first-order chi connectivity index (χ1) is 13.7. The number of Topliss-reactive ketones (excluding diaryl/α,β-unsaturated/α-hetero) is 1. The molecule has 1 amide bonds. The molecule has 9 heteroatoms. The zero-order chi connectivity index (χ0) is 21.1. The summed E-state index contributed by atoms with van der Waals surface area (Å²) < 4.78 is 5.91. The van der Waals surface area contributed by atoms with Gasteiger partial charge in [-0.05, 0) is 50.2 Å².